The number of likely N-dealkylation sites (tertiary alicyclic amines) is 1. The van der Waals surface area contributed by atoms with Crippen LogP contribution in [-0.4, -0.2) is 17.4 Å². The maximum absolute atomic E-state index is 12.8. The van der Waals surface area contributed by atoms with Crippen LogP contribution in [0.4, 0.5) is 0 Å². The zero-order valence-electron chi connectivity index (χ0n) is 11.9. The van der Waals surface area contributed by atoms with Crippen LogP contribution < -0.4 is 0 Å². The van der Waals surface area contributed by atoms with E-state index in [4.69, 9.17) is 0 Å². The fourth-order valence-corrected chi connectivity index (χ4v) is 3.92. The molecule has 2 aromatic rings. The van der Waals surface area contributed by atoms with Gasteiger partial charge in [0.1, 0.15) is 0 Å². The molecule has 1 aliphatic rings. The van der Waals surface area contributed by atoms with Crippen molar-refractivity contribution < 1.29 is 4.79 Å². The highest BCUT2D eigenvalue weighted by Crippen LogP contribution is 2.35. The summed E-state index contributed by atoms with van der Waals surface area (Å²) in [4.78, 5) is 16.1. The molecule has 1 fully saturated rings. The summed E-state index contributed by atoms with van der Waals surface area (Å²) < 4.78 is 0. The van der Waals surface area contributed by atoms with E-state index in [2.05, 4.69) is 23.6 Å². The Bertz CT molecular complexity index is 598. The average Bonchev–Trinajstić information content (AvgIpc) is 3.07. The molecule has 3 rings (SSSR count). The Labute approximate surface area is 124 Å². The van der Waals surface area contributed by atoms with Crippen molar-refractivity contribution in [1.29, 1.82) is 0 Å². The number of carbonyl (C=O) groups is 1. The van der Waals surface area contributed by atoms with Gasteiger partial charge in [0.15, 0.2) is 0 Å². The van der Waals surface area contributed by atoms with Crippen molar-refractivity contribution >= 4 is 17.2 Å². The molecule has 0 spiro atoms. The molecule has 2 heterocycles. The van der Waals surface area contributed by atoms with Gasteiger partial charge in [0, 0.05) is 17.0 Å². The van der Waals surface area contributed by atoms with Gasteiger partial charge >= 0.3 is 0 Å². The van der Waals surface area contributed by atoms with Crippen LogP contribution in [0.25, 0.3) is 0 Å². The Hall–Kier alpha value is -1.61. The number of amides is 1. The van der Waals surface area contributed by atoms with E-state index in [1.165, 1.54) is 4.88 Å². The minimum absolute atomic E-state index is 0.174. The molecule has 0 radical (unpaired) electrons. The van der Waals surface area contributed by atoms with Crippen LogP contribution >= 0.6 is 11.3 Å². The number of hydrogen-bond donors (Lipinski definition) is 0. The van der Waals surface area contributed by atoms with Gasteiger partial charge in [-0.25, -0.2) is 0 Å². The van der Waals surface area contributed by atoms with Crippen molar-refractivity contribution in [2.45, 2.75) is 32.7 Å². The van der Waals surface area contributed by atoms with Crippen molar-refractivity contribution in [2.75, 3.05) is 6.54 Å². The summed E-state index contributed by atoms with van der Waals surface area (Å²) >= 11 is 1.75. The minimum Gasteiger partial charge on any atom is -0.331 e. The van der Waals surface area contributed by atoms with Crippen molar-refractivity contribution in [2.24, 2.45) is 0 Å². The van der Waals surface area contributed by atoms with Crippen LogP contribution in [0.3, 0.4) is 0 Å². The van der Waals surface area contributed by atoms with Crippen molar-refractivity contribution in [3.8, 4) is 0 Å². The quantitative estimate of drug-likeness (QED) is 0.803. The van der Waals surface area contributed by atoms with E-state index in [-0.39, 0.29) is 11.9 Å². The highest BCUT2D eigenvalue weighted by Gasteiger charge is 2.31. The third kappa shape index (κ3) is 2.50. The van der Waals surface area contributed by atoms with Gasteiger partial charge in [-0.2, -0.15) is 0 Å². The van der Waals surface area contributed by atoms with E-state index >= 15 is 0 Å². The van der Waals surface area contributed by atoms with Crippen LogP contribution in [0, 0.1) is 13.8 Å². The molecule has 0 N–H and O–H groups in total. The number of nitrogens with zero attached hydrogens (tertiary/aromatic N) is 1. The van der Waals surface area contributed by atoms with Gasteiger partial charge in [0.2, 0.25) is 0 Å². The molecule has 1 aromatic heterocycles. The monoisotopic (exact) mass is 285 g/mol. The molecule has 2 nitrogen and oxygen atoms in total. The van der Waals surface area contributed by atoms with Crippen molar-refractivity contribution in [3.05, 3.63) is 57.3 Å². The van der Waals surface area contributed by atoms with Gasteiger partial charge in [0.05, 0.1) is 6.04 Å². The van der Waals surface area contributed by atoms with Gasteiger partial charge in [0.25, 0.3) is 5.91 Å². The summed E-state index contributed by atoms with van der Waals surface area (Å²) in [5.41, 5.74) is 3.13. The number of benzene rings is 1. The summed E-state index contributed by atoms with van der Waals surface area (Å²) in [5, 5.41) is 2.09. The molecule has 1 atom stereocenters. The van der Waals surface area contributed by atoms with E-state index in [0.717, 1.165) is 36.1 Å². The topological polar surface area (TPSA) is 20.3 Å². The standard InChI is InChI=1S/C17H19NOS/c1-12-9-13(2)11-14(10-12)17(19)18-7-3-5-15(18)16-6-4-8-20-16/h4,6,8-11,15H,3,5,7H2,1-2H3. The van der Waals surface area contributed by atoms with Crippen LogP contribution in [-0.2, 0) is 0 Å². The Morgan fingerprint density at radius 1 is 1.25 bits per heavy atom. The molecular formula is C17H19NOS. The second-order valence-electron chi connectivity index (χ2n) is 5.55. The molecule has 20 heavy (non-hydrogen) atoms. The molecule has 0 bridgehead atoms. The summed E-state index contributed by atoms with van der Waals surface area (Å²) in [6, 6.07) is 10.6. The zero-order chi connectivity index (χ0) is 14.1. The van der Waals surface area contributed by atoms with E-state index in [1.807, 2.05) is 30.9 Å². The maximum Gasteiger partial charge on any atom is 0.254 e. The first kappa shape index (κ1) is 13.4. The lowest BCUT2D eigenvalue weighted by Crippen LogP contribution is -2.30. The Morgan fingerprint density at radius 3 is 2.65 bits per heavy atom. The summed E-state index contributed by atoms with van der Waals surface area (Å²) in [7, 11) is 0. The van der Waals surface area contributed by atoms with Crippen LogP contribution in [0.15, 0.2) is 35.7 Å². The highest BCUT2D eigenvalue weighted by atomic mass is 32.1. The molecule has 3 heteroatoms. The van der Waals surface area contributed by atoms with E-state index < -0.39 is 0 Å². The molecule has 1 amide bonds. The fraction of sp³-hybridized carbons (Fsp3) is 0.353. The summed E-state index contributed by atoms with van der Waals surface area (Å²) in [6.07, 6.45) is 2.18. The molecule has 104 valence electrons. The molecular weight excluding hydrogens is 266 g/mol. The Morgan fingerprint density at radius 2 is 2.00 bits per heavy atom. The summed E-state index contributed by atoms with van der Waals surface area (Å²) in [6.45, 7) is 4.96. The average molecular weight is 285 g/mol. The smallest absolute Gasteiger partial charge is 0.254 e. The largest absolute Gasteiger partial charge is 0.331 e. The third-order valence-electron chi connectivity index (χ3n) is 3.85. The van der Waals surface area contributed by atoms with Gasteiger partial charge in [-0.3, -0.25) is 4.79 Å². The first-order valence-corrected chi connectivity index (χ1v) is 7.96. The van der Waals surface area contributed by atoms with Gasteiger partial charge in [-0.1, -0.05) is 23.3 Å². The number of thiophene rings is 1. The van der Waals surface area contributed by atoms with Gasteiger partial charge in [-0.05, 0) is 50.3 Å². The van der Waals surface area contributed by atoms with Gasteiger partial charge in [-0.15, -0.1) is 11.3 Å². The summed E-state index contributed by atoms with van der Waals surface area (Å²) in [5.74, 6) is 0.174. The van der Waals surface area contributed by atoms with Crippen molar-refractivity contribution in [3.63, 3.8) is 0 Å². The second-order valence-corrected chi connectivity index (χ2v) is 6.53. The number of carbonyl (C=O) groups excluding carboxylic acids is 1. The first-order chi connectivity index (χ1) is 9.65. The molecule has 0 aliphatic carbocycles. The molecule has 1 aromatic carbocycles. The zero-order valence-corrected chi connectivity index (χ0v) is 12.7. The Balaban J connectivity index is 1.89. The maximum atomic E-state index is 12.8. The minimum atomic E-state index is 0.174. The molecule has 1 saturated heterocycles. The second kappa shape index (κ2) is 5.41. The molecule has 0 saturated carbocycles. The number of hydrogen-bond acceptors (Lipinski definition) is 2. The third-order valence-corrected chi connectivity index (χ3v) is 4.83. The molecule has 1 aliphatic heterocycles. The molecule has 1 unspecified atom stereocenters. The Kier molecular flexibility index (Phi) is 3.62. The predicted molar refractivity (Wildman–Crippen MR) is 83.2 cm³/mol. The lowest BCUT2D eigenvalue weighted by molar-refractivity contribution is 0.0737. The van der Waals surface area contributed by atoms with E-state index in [1.54, 1.807) is 11.3 Å². The van der Waals surface area contributed by atoms with E-state index in [9.17, 15) is 4.79 Å². The number of rotatable bonds is 2. The lowest BCUT2D eigenvalue weighted by Gasteiger charge is -2.24. The number of aryl methyl sites for hydroxylation is 2. The van der Waals surface area contributed by atoms with Gasteiger partial charge < -0.3 is 4.90 Å². The first-order valence-electron chi connectivity index (χ1n) is 7.08. The van der Waals surface area contributed by atoms with Crippen LogP contribution in [0.5, 0.6) is 0 Å². The fourth-order valence-electron chi connectivity index (χ4n) is 3.05. The lowest BCUT2D eigenvalue weighted by atomic mass is 10.1. The predicted octanol–water partition coefficient (Wildman–Crippen LogP) is 4.34. The van der Waals surface area contributed by atoms with Crippen LogP contribution in [0.2, 0.25) is 0 Å². The van der Waals surface area contributed by atoms with E-state index in [0.29, 0.717) is 0 Å². The highest BCUT2D eigenvalue weighted by molar-refractivity contribution is 7.10. The van der Waals surface area contributed by atoms with Crippen LogP contribution in [0.1, 0.15) is 45.2 Å². The SMILES string of the molecule is Cc1cc(C)cc(C(=O)N2CCCC2c2cccs2)c1. The van der Waals surface area contributed by atoms with Crippen molar-refractivity contribution in [1.82, 2.24) is 4.90 Å². The normalized spacial score (nSPS) is 18.5.